The van der Waals surface area contributed by atoms with Crippen LogP contribution in [-0.4, -0.2) is 12.6 Å². The third-order valence-electron chi connectivity index (χ3n) is 2.12. The lowest BCUT2D eigenvalue weighted by molar-refractivity contribution is -0.138. The quantitative estimate of drug-likeness (QED) is 0.348. The summed E-state index contributed by atoms with van der Waals surface area (Å²) in [6.45, 7) is 4.37. The van der Waals surface area contributed by atoms with Gasteiger partial charge in [-0.05, 0) is 31.6 Å². The number of aryl methyl sites for hydroxylation is 1. The van der Waals surface area contributed by atoms with Crippen LogP contribution in [0, 0.1) is 18.3 Å². The highest BCUT2D eigenvalue weighted by Gasteiger charge is 2.10. The number of esters is 1. The van der Waals surface area contributed by atoms with E-state index >= 15 is 0 Å². The first-order chi connectivity index (χ1) is 8.17. The molecule has 0 bridgehead atoms. The van der Waals surface area contributed by atoms with Gasteiger partial charge in [0.1, 0.15) is 11.6 Å². The van der Waals surface area contributed by atoms with Crippen LogP contribution in [0.4, 0.5) is 0 Å². The van der Waals surface area contributed by atoms with Crippen LogP contribution in [0.2, 0.25) is 0 Å². The first-order valence-corrected chi connectivity index (χ1v) is 6.34. The molecule has 0 aliphatic rings. The monoisotopic (exact) mass is 249 g/mol. The summed E-state index contributed by atoms with van der Waals surface area (Å²) in [6, 6.07) is 5.72. The fourth-order valence-electron chi connectivity index (χ4n) is 1.20. The van der Waals surface area contributed by atoms with Crippen LogP contribution in [0.25, 0.3) is 6.08 Å². The first-order valence-electron chi connectivity index (χ1n) is 5.52. The maximum atomic E-state index is 11.6. The molecule has 1 rings (SSSR count). The van der Waals surface area contributed by atoms with Gasteiger partial charge in [0.15, 0.2) is 0 Å². The van der Waals surface area contributed by atoms with Crippen LogP contribution in [0.3, 0.4) is 0 Å². The van der Waals surface area contributed by atoms with Crippen molar-refractivity contribution in [2.75, 3.05) is 6.61 Å². The average Bonchev–Trinajstić information content (AvgIpc) is 2.72. The Morgan fingerprint density at radius 1 is 1.59 bits per heavy atom. The fourth-order valence-corrected chi connectivity index (χ4v) is 2.02. The van der Waals surface area contributed by atoms with Crippen molar-refractivity contribution in [3.05, 3.63) is 27.5 Å². The Kier molecular flexibility index (Phi) is 5.44. The van der Waals surface area contributed by atoms with Gasteiger partial charge in [-0.1, -0.05) is 13.3 Å². The van der Waals surface area contributed by atoms with Crippen molar-refractivity contribution in [2.45, 2.75) is 26.7 Å². The van der Waals surface area contributed by atoms with Crippen molar-refractivity contribution in [2.24, 2.45) is 0 Å². The zero-order valence-electron chi connectivity index (χ0n) is 10.0. The number of nitrogens with zero attached hydrogens (tertiary/aromatic N) is 1. The number of carbonyl (C=O) groups excluding carboxylic acids is 1. The molecule has 4 heteroatoms. The Labute approximate surface area is 105 Å². The van der Waals surface area contributed by atoms with Crippen LogP contribution < -0.4 is 0 Å². The molecule has 1 aromatic rings. The van der Waals surface area contributed by atoms with Gasteiger partial charge in [-0.2, -0.15) is 5.26 Å². The van der Waals surface area contributed by atoms with Gasteiger partial charge in [-0.15, -0.1) is 11.3 Å². The van der Waals surface area contributed by atoms with E-state index in [0.29, 0.717) is 6.61 Å². The third kappa shape index (κ3) is 4.41. The van der Waals surface area contributed by atoms with E-state index in [-0.39, 0.29) is 5.57 Å². The number of hydrogen-bond donors (Lipinski definition) is 0. The Morgan fingerprint density at radius 2 is 2.35 bits per heavy atom. The Morgan fingerprint density at radius 3 is 2.88 bits per heavy atom. The summed E-state index contributed by atoms with van der Waals surface area (Å²) < 4.78 is 4.99. The van der Waals surface area contributed by atoms with E-state index in [1.165, 1.54) is 0 Å². The van der Waals surface area contributed by atoms with Crippen LogP contribution >= 0.6 is 11.3 Å². The summed E-state index contributed by atoms with van der Waals surface area (Å²) >= 11 is 1.54. The molecule has 1 aromatic heterocycles. The van der Waals surface area contributed by atoms with E-state index in [4.69, 9.17) is 10.00 Å². The first kappa shape index (κ1) is 13.5. The lowest BCUT2D eigenvalue weighted by atomic mass is 10.2. The normalized spacial score (nSPS) is 11.0. The maximum Gasteiger partial charge on any atom is 0.348 e. The number of carbonyl (C=O) groups is 1. The predicted molar refractivity (Wildman–Crippen MR) is 68.5 cm³/mol. The number of nitriles is 1. The van der Waals surface area contributed by atoms with Crippen LogP contribution in [0.15, 0.2) is 17.7 Å². The SMILES string of the molecule is CCCCOC(=O)C(C#N)=Cc1ccc(C)s1. The summed E-state index contributed by atoms with van der Waals surface area (Å²) in [7, 11) is 0. The second-order valence-corrected chi connectivity index (χ2v) is 4.93. The molecule has 0 N–H and O–H groups in total. The van der Waals surface area contributed by atoms with Gasteiger partial charge in [-0.3, -0.25) is 0 Å². The summed E-state index contributed by atoms with van der Waals surface area (Å²) in [4.78, 5) is 13.6. The van der Waals surface area contributed by atoms with E-state index in [9.17, 15) is 4.79 Å². The molecule has 0 atom stereocenters. The molecule has 0 radical (unpaired) electrons. The van der Waals surface area contributed by atoms with Gasteiger partial charge in [0.25, 0.3) is 0 Å². The molecule has 0 aromatic carbocycles. The molecule has 1 heterocycles. The molecule has 0 saturated carbocycles. The summed E-state index contributed by atoms with van der Waals surface area (Å²) in [5.74, 6) is -0.535. The lowest BCUT2D eigenvalue weighted by Crippen LogP contribution is -2.07. The van der Waals surface area contributed by atoms with Crippen molar-refractivity contribution in [1.82, 2.24) is 0 Å². The van der Waals surface area contributed by atoms with E-state index in [2.05, 4.69) is 0 Å². The number of ether oxygens (including phenoxy) is 1. The topological polar surface area (TPSA) is 50.1 Å². The largest absolute Gasteiger partial charge is 0.462 e. The molecule has 90 valence electrons. The molecule has 3 nitrogen and oxygen atoms in total. The van der Waals surface area contributed by atoms with Crippen molar-refractivity contribution in [3.8, 4) is 6.07 Å². The van der Waals surface area contributed by atoms with Gasteiger partial charge < -0.3 is 4.74 Å². The Bertz CT molecular complexity index is 454. The molecule has 0 saturated heterocycles. The number of unbranched alkanes of at least 4 members (excludes halogenated alkanes) is 1. The minimum absolute atomic E-state index is 0.0583. The average molecular weight is 249 g/mol. The Hall–Kier alpha value is -1.60. The highest BCUT2D eigenvalue weighted by molar-refractivity contribution is 7.12. The van der Waals surface area contributed by atoms with E-state index < -0.39 is 5.97 Å². The minimum Gasteiger partial charge on any atom is -0.462 e. The highest BCUT2D eigenvalue weighted by atomic mass is 32.1. The smallest absolute Gasteiger partial charge is 0.348 e. The van der Waals surface area contributed by atoms with E-state index in [0.717, 1.165) is 22.6 Å². The minimum atomic E-state index is -0.535. The molecule has 17 heavy (non-hydrogen) atoms. The molecule has 0 aliphatic heterocycles. The van der Waals surface area contributed by atoms with Crippen LogP contribution in [-0.2, 0) is 9.53 Å². The fraction of sp³-hybridized carbons (Fsp3) is 0.385. The van der Waals surface area contributed by atoms with E-state index in [1.54, 1.807) is 17.4 Å². The van der Waals surface area contributed by atoms with Crippen molar-refractivity contribution in [1.29, 1.82) is 5.26 Å². The zero-order chi connectivity index (χ0) is 12.7. The molecule has 0 unspecified atom stereocenters. The van der Waals surface area contributed by atoms with Gasteiger partial charge >= 0.3 is 5.97 Å². The second-order valence-electron chi connectivity index (χ2n) is 3.61. The summed E-state index contributed by atoms with van der Waals surface area (Å²) in [5.41, 5.74) is 0.0583. The van der Waals surface area contributed by atoms with Crippen molar-refractivity contribution < 1.29 is 9.53 Å². The third-order valence-corrected chi connectivity index (χ3v) is 3.07. The summed E-state index contributed by atoms with van der Waals surface area (Å²) in [5, 5.41) is 8.91. The molecule has 0 aliphatic carbocycles. The standard InChI is InChI=1S/C13H15NO2S/c1-3-4-7-16-13(15)11(9-14)8-12-6-5-10(2)17-12/h5-6,8H,3-4,7H2,1-2H3. The number of hydrogen-bond acceptors (Lipinski definition) is 4. The van der Waals surface area contributed by atoms with Gasteiger partial charge in [0, 0.05) is 9.75 Å². The zero-order valence-corrected chi connectivity index (χ0v) is 10.8. The van der Waals surface area contributed by atoms with Gasteiger partial charge in [-0.25, -0.2) is 4.79 Å². The second kappa shape index (κ2) is 6.87. The van der Waals surface area contributed by atoms with Crippen LogP contribution in [0.1, 0.15) is 29.5 Å². The molecular weight excluding hydrogens is 234 g/mol. The van der Waals surface area contributed by atoms with Gasteiger partial charge in [0.2, 0.25) is 0 Å². The predicted octanol–water partition coefficient (Wildman–Crippen LogP) is 3.31. The summed E-state index contributed by atoms with van der Waals surface area (Å²) in [6.07, 6.45) is 3.36. The van der Waals surface area contributed by atoms with Crippen LogP contribution in [0.5, 0.6) is 0 Å². The molecule has 0 fully saturated rings. The number of rotatable bonds is 5. The molecular formula is C13H15NO2S. The number of thiophene rings is 1. The highest BCUT2D eigenvalue weighted by Crippen LogP contribution is 2.18. The Balaban J connectivity index is 2.68. The maximum absolute atomic E-state index is 11.6. The van der Waals surface area contributed by atoms with Crippen molar-refractivity contribution in [3.63, 3.8) is 0 Å². The van der Waals surface area contributed by atoms with Crippen molar-refractivity contribution >= 4 is 23.4 Å². The molecule has 0 amide bonds. The lowest BCUT2D eigenvalue weighted by Gasteiger charge is -2.01. The van der Waals surface area contributed by atoms with Gasteiger partial charge in [0.05, 0.1) is 6.61 Å². The molecule has 0 spiro atoms. The van der Waals surface area contributed by atoms with E-state index in [1.807, 2.05) is 32.0 Å².